The average Bonchev–Trinajstić information content (AvgIpc) is 2.47. The smallest absolute Gasteiger partial charge is 0.237 e. The Bertz CT molecular complexity index is 310. The van der Waals surface area contributed by atoms with Gasteiger partial charge in [0.2, 0.25) is 7.44 Å². The lowest BCUT2D eigenvalue weighted by atomic mass is 10.5. The van der Waals surface area contributed by atoms with E-state index in [-0.39, 0.29) is 0 Å². The topological polar surface area (TPSA) is 59.1 Å². The molecule has 2 aliphatic heterocycles. The van der Waals surface area contributed by atoms with Crippen LogP contribution in [0.2, 0.25) is 0 Å². The van der Waals surface area contributed by atoms with E-state index in [1.807, 2.05) is 9.34 Å². The van der Waals surface area contributed by atoms with Crippen molar-refractivity contribution in [1.82, 2.24) is 9.34 Å². The number of alkyl halides is 1. The summed E-state index contributed by atoms with van der Waals surface area (Å²) in [5.41, 5.74) is 0. The normalized spacial score (nSPS) is 25.8. The molecule has 18 heavy (non-hydrogen) atoms. The summed E-state index contributed by atoms with van der Waals surface area (Å²) in [5, 5.41) is 0. The molecule has 0 aromatic heterocycles. The Labute approximate surface area is 115 Å². The van der Waals surface area contributed by atoms with E-state index in [9.17, 15) is 9.36 Å². The van der Waals surface area contributed by atoms with Gasteiger partial charge < -0.3 is 14.3 Å². The number of halogens is 1. The first-order valence-electron chi connectivity index (χ1n) is 6.05. The molecule has 8 heteroatoms. The number of aldehydes is 1. The van der Waals surface area contributed by atoms with E-state index in [1.165, 1.54) is 0 Å². The predicted molar refractivity (Wildman–Crippen MR) is 71.2 cm³/mol. The molecule has 0 spiro atoms. The SMILES string of the molecule is O=C[C@@H](Br)P(=O)(N1CCOCC1)N1CCOCC1. The molecule has 2 aliphatic rings. The Balaban J connectivity index is 2.20. The molecule has 1 atom stereocenters. The van der Waals surface area contributed by atoms with Gasteiger partial charge in [-0.2, -0.15) is 0 Å². The molecular weight excluding hydrogens is 323 g/mol. The maximum absolute atomic E-state index is 13.3. The second kappa shape index (κ2) is 6.59. The van der Waals surface area contributed by atoms with E-state index in [0.29, 0.717) is 52.6 Å². The molecule has 0 aromatic carbocycles. The van der Waals surface area contributed by atoms with Gasteiger partial charge in [-0.15, -0.1) is 0 Å². The van der Waals surface area contributed by atoms with Crippen LogP contribution in [0.15, 0.2) is 0 Å². The lowest BCUT2D eigenvalue weighted by Crippen LogP contribution is -2.45. The Morgan fingerprint density at radius 2 is 1.39 bits per heavy atom. The van der Waals surface area contributed by atoms with Gasteiger partial charge in [0.25, 0.3) is 0 Å². The van der Waals surface area contributed by atoms with E-state index < -0.39 is 12.0 Å². The molecular formula is C10H18BrN2O4P. The third-order valence-electron chi connectivity index (χ3n) is 3.22. The number of morpholine rings is 2. The van der Waals surface area contributed by atoms with Gasteiger partial charge in [0.1, 0.15) is 10.9 Å². The molecule has 0 aromatic rings. The molecule has 0 unspecified atom stereocenters. The molecule has 0 aliphatic carbocycles. The van der Waals surface area contributed by atoms with Crippen molar-refractivity contribution in [1.29, 1.82) is 0 Å². The molecule has 0 bridgehead atoms. The molecule has 0 amide bonds. The second-order valence-corrected chi connectivity index (χ2v) is 8.79. The van der Waals surface area contributed by atoms with Crippen LogP contribution in [-0.2, 0) is 18.8 Å². The zero-order chi connectivity index (χ0) is 13.0. The lowest BCUT2D eigenvalue weighted by molar-refractivity contribution is -0.106. The Morgan fingerprint density at radius 3 is 1.72 bits per heavy atom. The molecule has 0 N–H and O–H groups in total. The monoisotopic (exact) mass is 340 g/mol. The molecule has 2 rings (SSSR count). The quantitative estimate of drug-likeness (QED) is 0.428. The number of nitrogens with zero attached hydrogens (tertiary/aromatic N) is 2. The Morgan fingerprint density at radius 1 is 1.00 bits per heavy atom. The highest BCUT2D eigenvalue weighted by Gasteiger charge is 2.44. The summed E-state index contributed by atoms with van der Waals surface area (Å²) >= 11 is 3.27. The van der Waals surface area contributed by atoms with Crippen LogP contribution in [0, 0.1) is 0 Å². The standard InChI is InChI=1S/C10H18BrN2O4P/c11-10(9-14)18(15,12-1-5-16-6-2-12)13-3-7-17-8-4-13/h9-10H,1-8H2/t10-/m0/s1. The number of ether oxygens (including phenoxy) is 2. The molecule has 2 saturated heterocycles. The summed E-state index contributed by atoms with van der Waals surface area (Å²) < 4.78 is 27.0. The first-order valence-corrected chi connectivity index (χ1v) is 8.64. The third kappa shape index (κ3) is 2.86. The van der Waals surface area contributed by atoms with Crippen molar-refractivity contribution in [2.24, 2.45) is 0 Å². The average molecular weight is 341 g/mol. The Hall–Kier alpha value is 0.220. The number of carbonyl (C=O) groups excluding carboxylic acids is 1. The van der Waals surface area contributed by atoms with Crippen LogP contribution in [0.4, 0.5) is 0 Å². The maximum Gasteiger partial charge on any atom is 0.237 e. The van der Waals surface area contributed by atoms with E-state index in [0.717, 1.165) is 6.29 Å². The fraction of sp³-hybridized carbons (Fsp3) is 0.900. The fourth-order valence-corrected chi connectivity index (χ4v) is 6.42. The van der Waals surface area contributed by atoms with E-state index in [2.05, 4.69) is 15.9 Å². The Kier molecular flexibility index (Phi) is 5.35. The van der Waals surface area contributed by atoms with Crippen molar-refractivity contribution in [3.05, 3.63) is 0 Å². The van der Waals surface area contributed by atoms with E-state index in [4.69, 9.17) is 9.47 Å². The van der Waals surface area contributed by atoms with Crippen molar-refractivity contribution >= 4 is 29.7 Å². The molecule has 2 heterocycles. The summed E-state index contributed by atoms with van der Waals surface area (Å²) in [6.07, 6.45) is 0.728. The summed E-state index contributed by atoms with van der Waals surface area (Å²) in [6.45, 7) is 4.66. The second-order valence-electron chi connectivity index (χ2n) is 4.23. The van der Waals surface area contributed by atoms with Gasteiger partial charge in [-0.1, -0.05) is 15.9 Å². The first kappa shape index (κ1) is 14.6. The molecule has 0 saturated carbocycles. The van der Waals surface area contributed by atoms with E-state index >= 15 is 0 Å². The number of hydrogen-bond acceptors (Lipinski definition) is 4. The van der Waals surface area contributed by atoms with Crippen LogP contribution in [0.1, 0.15) is 0 Å². The van der Waals surface area contributed by atoms with Crippen LogP contribution in [-0.4, -0.2) is 72.8 Å². The third-order valence-corrected chi connectivity index (χ3v) is 8.22. The zero-order valence-corrected chi connectivity index (χ0v) is 12.6. The van der Waals surface area contributed by atoms with Gasteiger partial charge in [0.05, 0.1) is 26.4 Å². The van der Waals surface area contributed by atoms with Gasteiger partial charge in [-0.25, -0.2) is 9.34 Å². The summed E-state index contributed by atoms with van der Waals surface area (Å²) in [4.78, 5) is 11.1. The number of carbonyl (C=O) groups is 1. The van der Waals surface area contributed by atoms with E-state index in [1.54, 1.807) is 0 Å². The lowest BCUT2D eigenvalue weighted by Gasteiger charge is -2.43. The molecule has 2 fully saturated rings. The van der Waals surface area contributed by atoms with Crippen molar-refractivity contribution in [2.75, 3.05) is 52.6 Å². The summed E-state index contributed by atoms with van der Waals surface area (Å²) in [6, 6.07) is 0. The van der Waals surface area contributed by atoms with Gasteiger partial charge in [0.15, 0.2) is 0 Å². The van der Waals surface area contributed by atoms with Gasteiger partial charge >= 0.3 is 0 Å². The molecule has 104 valence electrons. The summed E-state index contributed by atoms with van der Waals surface area (Å²) in [5.74, 6) is 0. The first-order chi connectivity index (χ1) is 8.69. The highest BCUT2D eigenvalue weighted by atomic mass is 79.9. The van der Waals surface area contributed by atoms with Gasteiger partial charge in [-0.05, 0) is 0 Å². The highest BCUT2D eigenvalue weighted by Crippen LogP contribution is 2.59. The minimum Gasteiger partial charge on any atom is -0.379 e. The minimum atomic E-state index is -2.91. The number of rotatable bonds is 4. The van der Waals surface area contributed by atoms with Crippen LogP contribution in [0.3, 0.4) is 0 Å². The fourth-order valence-electron chi connectivity index (χ4n) is 2.25. The molecule has 6 nitrogen and oxygen atoms in total. The van der Waals surface area contributed by atoms with Crippen molar-refractivity contribution in [2.45, 2.75) is 4.57 Å². The van der Waals surface area contributed by atoms with Crippen molar-refractivity contribution in [3.8, 4) is 0 Å². The van der Waals surface area contributed by atoms with Gasteiger partial charge in [-0.3, -0.25) is 4.57 Å². The van der Waals surface area contributed by atoms with Crippen molar-refractivity contribution < 1.29 is 18.8 Å². The number of hydrogen-bond donors (Lipinski definition) is 0. The minimum absolute atomic E-state index is 0.562. The van der Waals surface area contributed by atoms with Crippen LogP contribution in [0.25, 0.3) is 0 Å². The van der Waals surface area contributed by atoms with Crippen LogP contribution >= 0.6 is 23.4 Å². The van der Waals surface area contributed by atoms with Crippen LogP contribution < -0.4 is 0 Å². The largest absolute Gasteiger partial charge is 0.379 e. The van der Waals surface area contributed by atoms with Gasteiger partial charge in [0, 0.05) is 26.2 Å². The van der Waals surface area contributed by atoms with Crippen molar-refractivity contribution in [3.63, 3.8) is 0 Å². The van der Waals surface area contributed by atoms with Crippen LogP contribution in [0.5, 0.6) is 0 Å². The predicted octanol–water partition coefficient (Wildman–Crippen LogP) is 0.764. The maximum atomic E-state index is 13.3. The molecule has 0 radical (unpaired) electrons. The summed E-state index contributed by atoms with van der Waals surface area (Å²) in [7, 11) is -2.91. The zero-order valence-electron chi connectivity index (χ0n) is 10.2. The highest BCUT2D eigenvalue weighted by molar-refractivity contribution is 9.11.